The number of nitrogens with zero attached hydrogens (tertiary/aromatic N) is 1. The lowest BCUT2D eigenvalue weighted by atomic mass is 10.2. The SMILES string of the molecule is O=c1[nH]ccnc1NCC1CCCO1. The van der Waals surface area contributed by atoms with Gasteiger partial charge in [0.05, 0.1) is 6.10 Å². The molecule has 5 nitrogen and oxygen atoms in total. The number of hydrogen-bond donors (Lipinski definition) is 2. The fourth-order valence-corrected chi connectivity index (χ4v) is 1.49. The van der Waals surface area contributed by atoms with Crippen LogP contribution >= 0.6 is 0 Å². The second-order valence-corrected chi connectivity index (χ2v) is 3.28. The summed E-state index contributed by atoms with van der Waals surface area (Å²) in [4.78, 5) is 17.7. The van der Waals surface area contributed by atoms with Gasteiger partial charge in [0.15, 0.2) is 5.82 Å². The molecule has 1 saturated heterocycles. The minimum Gasteiger partial charge on any atom is -0.376 e. The van der Waals surface area contributed by atoms with Crippen molar-refractivity contribution in [2.45, 2.75) is 18.9 Å². The van der Waals surface area contributed by atoms with E-state index >= 15 is 0 Å². The summed E-state index contributed by atoms with van der Waals surface area (Å²) in [5, 5.41) is 2.98. The van der Waals surface area contributed by atoms with E-state index in [2.05, 4.69) is 15.3 Å². The maximum Gasteiger partial charge on any atom is 0.290 e. The first-order valence-electron chi connectivity index (χ1n) is 4.75. The van der Waals surface area contributed by atoms with Crippen molar-refractivity contribution in [1.29, 1.82) is 0 Å². The third-order valence-corrected chi connectivity index (χ3v) is 2.23. The Morgan fingerprint density at radius 3 is 3.36 bits per heavy atom. The van der Waals surface area contributed by atoms with E-state index in [4.69, 9.17) is 4.74 Å². The molecule has 5 heteroatoms. The number of ether oxygens (including phenoxy) is 1. The molecule has 0 bridgehead atoms. The number of hydrogen-bond acceptors (Lipinski definition) is 4. The minimum absolute atomic E-state index is 0.189. The zero-order chi connectivity index (χ0) is 9.80. The van der Waals surface area contributed by atoms with Gasteiger partial charge in [-0.15, -0.1) is 0 Å². The van der Waals surface area contributed by atoms with Gasteiger partial charge in [0.1, 0.15) is 0 Å². The molecule has 1 unspecified atom stereocenters. The molecule has 2 rings (SSSR count). The van der Waals surface area contributed by atoms with Gasteiger partial charge in [-0.2, -0.15) is 0 Å². The Bertz CT molecular complexity index is 344. The first-order valence-corrected chi connectivity index (χ1v) is 4.75. The predicted octanol–water partition coefficient (Wildman–Crippen LogP) is 0.361. The summed E-state index contributed by atoms with van der Waals surface area (Å²) in [5.74, 6) is 0.364. The van der Waals surface area contributed by atoms with Crippen LogP contribution in [0.3, 0.4) is 0 Å². The highest BCUT2D eigenvalue weighted by Gasteiger charge is 2.15. The van der Waals surface area contributed by atoms with Gasteiger partial charge in [-0.25, -0.2) is 4.98 Å². The van der Waals surface area contributed by atoms with E-state index in [0.29, 0.717) is 12.4 Å². The Morgan fingerprint density at radius 2 is 2.64 bits per heavy atom. The van der Waals surface area contributed by atoms with Crippen LogP contribution < -0.4 is 10.9 Å². The van der Waals surface area contributed by atoms with Gasteiger partial charge in [-0.3, -0.25) is 4.79 Å². The van der Waals surface area contributed by atoms with E-state index in [9.17, 15) is 4.79 Å². The van der Waals surface area contributed by atoms with Gasteiger partial charge in [-0.1, -0.05) is 0 Å². The van der Waals surface area contributed by atoms with E-state index in [1.54, 1.807) is 6.20 Å². The minimum atomic E-state index is -0.189. The Morgan fingerprint density at radius 1 is 1.71 bits per heavy atom. The molecule has 76 valence electrons. The van der Waals surface area contributed by atoms with Crippen molar-refractivity contribution in [2.75, 3.05) is 18.5 Å². The summed E-state index contributed by atoms with van der Waals surface area (Å²) in [6, 6.07) is 0. The highest BCUT2D eigenvalue weighted by molar-refractivity contribution is 5.30. The molecule has 0 amide bonds. The molecule has 14 heavy (non-hydrogen) atoms. The number of aromatic amines is 1. The molecular formula is C9H13N3O2. The van der Waals surface area contributed by atoms with Crippen molar-refractivity contribution >= 4 is 5.82 Å². The summed E-state index contributed by atoms with van der Waals surface area (Å²) < 4.78 is 5.41. The molecule has 1 aromatic rings. The molecule has 1 aromatic heterocycles. The van der Waals surface area contributed by atoms with Gasteiger partial charge in [-0.05, 0) is 12.8 Å². The fourth-order valence-electron chi connectivity index (χ4n) is 1.49. The van der Waals surface area contributed by atoms with Crippen LogP contribution in [0.4, 0.5) is 5.82 Å². The third kappa shape index (κ3) is 2.11. The van der Waals surface area contributed by atoms with Gasteiger partial charge in [0, 0.05) is 25.5 Å². The van der Waals surface area contributed by atoms with Crippen molar-refractivity contribution in [3.05, 3.63) is 22.7 Å². The molecule has 0 radical (unpaired) electrons. The molecule has 0 aliphatic carbocycles. The standard InChI is InChI=1S/C9H13N3O2/c13-9-8(10-3-4-11-9)12-6-7-2-1-5-14-7/h3-4,7H,1-2,5-6H2,(H,10,12)(H,11,13). The van der Waals surface area contributed by atoms with E-state index in [1.807, 2.05) is 0 Å². The van der Waals surface area contributed by atoms with Gasteiger partial charge in [0.25, 0.3) is 5.56 Å². The largest absolute Gasteiger partial charge is 0.376 e. The summed E-state index contributed by atoms with van der Waals surface area (Å²) in [6.45, 7) is 1.48. The van der Waals surface area contributed by atoms with Crippen LogP contribution in [0.5, 0.6) is 0 Å². The van der Waals surface area contributed by atoms with Gasteiger partial charge in [0.2, 0.25) is 0 Å². The number of H-pyrrole nitrogens is 1. The highest BCUT2D eigenvalue weighted by atomic mass is 16.5. The monoisotopic (exact) mass is 195 g/mol. The fraction of sp³-hybridized carbons (Fsp3) is 0.556. The van der Waals surface area contributed by atoms with Crippen LogP contribution in [0.1, 0.15) is 12.8 Å². The maximum absolute atomic E-state index is 11.2. The number of nitrogens with one attached hydrogen (secondary N) is 2. The molecular weight excluding hydrogens is 182 g/mol. The van der Waals surface area contributed by atoms with Crippen molar-refractivity contribution in [1.82, 2.24) is 9.97 Å². The zero-order valence-electron chi connectivity index (χ0n) is 7.82. The lowest BCUT2D eigenvalue weighted by Crippen LogP contribution is -2.23. The van der Waals surface area contributed by atoms with E-state index in [1.165, 1.54) is 6.20 Å². The average Bonchev–Trinajstić information content (AvgIpc) is 2.69. The summed E-state index contributed by atoms with van der Waals surface area (Å²) >= 11 is 0. The number of anilines is 1. The average molecular weight is 195 g/mol. The van der Waals surface area contributed by atoms with Crippen molar-refractivity contribution in [3.8, 4) is 0 Å². The van der Waals surface area contributed by atoms with Crippen molar-refractivity contribution < 1.29 is 4.74 Å². The Labute approximate surface area is 81.5 Å². The Kier molecular flexibility index (Phi) is 2.78. The molecule has 1 fully saturated rings. The van der Waals surface area contributed by atoms with Crippen LogP contribution in [0.15, 0.2) is 17.2 Å². The molecule has 2 heterocycles. The number of aromatic nitrogens is 2. The number of rotatable bonds is 3. The lowest BCUT2D eigenvalue weighted by molar-refractivity contribution is 0.120. The molecule has 0 aromatic carbocycles. The van der Waals surface area contributed by atoms with Crippen LogP contribution in [-0.2, 0) is 4.74 Å². The quantitative estimate of drug-likeness (QED) is 0.730. The van der Waals surface area contributed by atoms with Crippen LogP contribution in [0.2, 0.25) is 0 Å². The summed E-state index contributed by atoms with van der Waals surface area (Å²) in [7, 11) is 0. The third-order valence-electron chi connectivity index (χ3n) is 2.23. The van der Waals surface area contributed by atoms with E-state index in [0.717, 1.165) is 19.4 Å². The topological polar surface area (TPSA) is 67.0 Å². The maximum atomic E-state index is 11.2. The Hall–Kier alpha value is -1.36. The molecule has 1 atom stereocenters. The molecule has 0 spiro atoms. The second-order valence-electron chi connectivity index (χ2n) is 3.28. The summed E-state index contributed by atoms with van der Waals surface area (Å²) in [5.41, 5.74) is -0.189. The van der Waals surface area contributed by atoms with Crippen LogP contribution in [0, 0.1) is 0 Å². The Balaban J connectivity index is 1.91. The molecule has 1 aliphatic heterocycles. The van der Waals surface area contributed by atoms with Crippen molar-refractivity contribution in [2.24, 2.45) is 0 Å². The first kappa shape index (κ1) is 9.21. The lowest BCUT2D eigenvalue weighted by Gasteiger charge is -2.09. The van der Waals surface area contributed by atoms with Gasteiger partial charge < -0.3 is 15.0 Å². The molecule has 0 saturated carbocycles. The second kappa shape index (κ2) is 4.23. The smallest absolute Gasteiger partial charge is 0.290 e. The zero-order valence-corrected chi connectivity index (χ0v) is 7.82. The summed E-state index contributed by atoms with van der Waals surface area (Å²) in [6.07, 6.45) is 5.44. The highest BCUT2D eigenvalue weighted by Crippen LogP contribution is 2.11. The van der Waals surface area contributed by atoms with Crippen LogP contribution in [-0.4, -0.2) is 29.2 Å². The normalized spacial score (nSPS) is 21.0. The van der Waals surface area contributed by atoms with E-state index in [-0.39, 0.29) is 11.7 Å². The first-order chi connectivity index (χ1) is 6.86. The predicted molar refractivity (Wildman–Crippen MR) is 52.3 cm³/mol. The van der Waals surface area contributed by atoms with Crippen LogP contribution in [0.25, 0.3) is 0 Å². The molecule has 2 N–H and O–H groups in total. The van der Waals surface area contributed by atoms with Crippen molar-refractivity contribution in [3.63, 3.8) is 0 Å². The van der Waals surface area contributed by atoms with E-state index < -0.39 is 0 Å². The van der Waals surface area contributed by atoms with Gasteiger partial charge >= 0.3 is 0 Å². The molecule has 1 aliphatic rings.